The zero-order valence-corrected chi connectivity index (χ0v) is 12.6. The Labute approximate surface area is 129 Å². The minimum atomic E-state index is -0.00486. The lowest BCUT2D eigenvalue weighted by molar-refractivity contribution is 0.0572. The van der Waals surface area contributed by atoms with E-state index < -0.39 is 0 Å². The Morgan fingerprint density at radius 2 is 2.41 bits per heavy atom. The number of benzene rings is 1. The maximum absolute atomic E-state index is 12.8. The standard InChI is InChI=1S/C17H19N3O2/c1-22-11-12-4-3-7-20(10-12)17(21)14-9-19-15-6-2-5-13(8-18)16(14)15/h2,5-6,9,12,19H,3-4,7,10-11H2,1H3. The van der Waals surface area contributed by atoms with Crippen molar-refractivity contribution in [3.8, 4) is 6.07 Å². The molecular formula is C17H19N3O2. The van der Waals surface area contributed by atoms with Crippen LogP contribution in [-0.4, -0.2) is 42.6 Å². The van der Waals surface area contributed by atoms with Crippen molar-refractivity contribution in [2.24, 2.45) is 5.92 Å². The molecule has 1 fully saturated rings. The average molecular weight is 297 g/mol. The number of nitrogens with zero attached hydrogens (tertiary/aromatic N) is 2. The predicted molar refractivity (Wildman–Crippen MR) is 83.5 cm³/mol. The van der Waals surface area contributed by atoms with Crippen molar-refractivity contribution in [1.82, 2.24) is 9.88 Å². The van der Waals surface area contributed by atoms with Gasteiger partial charge < -0.3 is 14.6 Å². The molecule has 0 radical (unpaired) electrons. The Hall–Kier alpha value is -2.32. The first-order valence-corrected chi connectivity index (χ1v) is 7.53. The van der Waals surface area contributed by atoms with Crippen LogP contribution in [0.5, 0.6) is 0 Å². The summed E-state index contributed by atoms with van der Waals surface area (Å²) in [6, 6.07) is 7.63. The quantitative estimate of drug-likeness (QED) is 0.946. The number of carbonyl (C=O) groups excluding carboxylic acids is 1. The third-order valence-electron chi connectivity index (χ3n) is 4.27. The van der Waals surface area contributed by atoms with Crippen molar-refractivity contribution in [3.05, 3.63) is 35.5 Å². The smallest absolute Gasteiger partial charge is 0.256 e. The van der Waals surface area contributed by atoms with Crippen LogP contribution in [0.3, 0.4) is 0 Å². The first-order valence-electron chi connectivity index (χ1n) is 7.53. The highest BCUT2D eigenvalue weighted by Crippen LogP contribution is 2.25. The normalized spacial score (nSPS) is 18.4. The second-order valence-electron chi connectivity index (χ2n) is 5.76. The maximum Gasteiger partial charge on any atom is 0.256 e. The number of fused-ring (bicyclic) bond motifs is 1. The van der Waals surface area contributed by atoms with E-state index in [9.17, 15) is 10.1 Å². The maximum atomic E-state index is 12.8. The summed E-state index contributed by atoms with van der Waals surface area (Å²) in [4.78, 5) is 17.8. The van der Waals surface area contributed by atoms with Gasteiger partial charge in [0, 0.05) is 37.3 Å². The molecule has 1 amide bonds. The summed E-state index contributed by atoms with van der Waals surface area (Å²) in [7, 11) is 1.69. The van der Waals surface area contributed by atoms with Crippen LogP contribution in [0.1, 0.15) is 28.8 Å². The molecule has 22 heavy (non-hydrogen) atoms. The number of piperidine rings is 1. The molecule has 114 valence electrons. The van der Waals surface area contributed by atoms with Crippen LogP contribution in [0.15, 0.2) is 24.4 Å². The van der Waals surface area contributed by atoms with Gasteiger partial charge in [0.15, 0.2) is 0 Å². The van der Waals surface area contributed by atoms with E-state index in [4.69, 9.17) is 4.74 Å². The van der Waals surface area contributed by atoms with Crippen LogP contribution in [0.25, 0.3) is 10.9 Å². The highest BCUT2D eigenvalue weighted by Gasteiger charge is 2.26. The van der Waals surface area contributed by atoms with Crippen LogP contribution >= 0.6 is 0 Å². The van der Waals surface area contributed by atoms with Crippen molar-refractivity contribution >= 4 is 16.8 Å². The molecule has 0 bridgehead atoms. The molecule has 5 nitrogen and oxygen atoms in total. The molecule has 1 saturated heterocycles. The first kappa shape index (κ1) is 14.6. The number of H-pyrrole nitrogens is 1. The molecule has 1 atom stereocenters. The fourth-order valence-electron chi connectivity index (χ4n) is 3.24. The fraction of sp³-hybridized carbons (Fsp3) is 0.412. The van der Waals surface area contributed by atoms with Gasteiger partial charge in [0.05, 0.1) is 23.8 Å². The monoisotopic (exact) mass is 297 g/mol. The van der Waals surface area contributed by atoms with Gasteiger partial charge in [0.2, 0.25) is 0 Å². The summed E-state index contributed by atoms with van der Waals surface area (Å²) >= 11 is 0. The Morgan fingerprint density at radius 3 is 3.18 bits per heavy atom. The van der Waals surface area contributed by atoms with Crippen molar-refractivity contribution in [1.29, 1.82) is 5.26 Å². The van der Waals surface area contributed by atoms with Gasteiger partial charge in [-0.1, -0.05) is 6.07 Å². The van der Waals surface area contributed by atoms with E-state index in [1.54, 1.807) is 19.4 Å². The van der Waals surface area contributed by atoms with Gasteiger partial charge in [-0.05, 0) is 30.9 Å². The van der Waals surface area contributed by atoms with Gasteiger partial charge in [0.25, 0.3) is 5.91 Å². The number of carbonyl (C=O) groups is 1. The van der Waals surface area contributed by atoms with Crippen molar-refractivity contribution in [3.63, 3.8) is 0 Å². The number of methoxy groups -OCH3 is 1. The molecular weight excluding hydrogens is 278 g/mol. The zero-order chi connectivity index (χ0) is 15.5. The summed E-state index contributed by atoms with van der Waals surface area (Å²) < 4.78 is 5.22. The molecule has 1 N–H and O–H groups in total. The van der Waals surface area contributed by atoms with Crippen LogP contribution in [0.4, 0.5) is 0 Å². The Bertz CT molecular complexity index is 727. The minimum Gasteiger partial charge on any atom is -0.384 e. The number of nitriles is 1. The second kappa shape index (κ2) is 6.20. The summed E-state index contributed by atoms with van der Waals surface area (Å²) in [5.41, 5.74) is 1.95. The number of aromatic amines is 1. The number of ether oxygens (including phenoxy) is 1. The van der Waals surface area contributed by atoms with Crippen molar-refractivity contribution < 1.29 is 9.53 Å². The van der Waals surface area contributed by atoms with E-state index in [1.807, 2.05) is 17.0 Å². The second-order valence-corrected chi connectivity index (χ2v) is 5.76. The molecule has 0 aliphatic carbocycles. The van der Waals surface area contributed by atoms with Gasteiger partial charge in [-0.15, -0.1) is 0 Å². The molecule has 2 aromatic rings. The number of likely N-dealkylation sites (tertiary alicyclic amines) is 1. The Balaban J connectivity index is 1.91. The van der Waals surface area contributed by atoms with Crippen LogP contribution in [0, 0.1) is 17.2 Å². The minimum absolute atomic E-state index is 0.00486. The summed E-state index contributed by atoms with van der Waals surface area (Å²) in [6.07, 6.45) is 3.80. The third-order valence-corrected chi connectivity index (χ3v) is 4.27. The summed E-state index contributed by atoms with van der Waals surface area (Å²) in [6.45, 7) is 2.16. The first-order chi connectivity index (χ1) is 10.7. The lowest BCUT2D eigenvalue weighted by atomic mass is 9.98. The van der Waals surface area contributed by atoms with E-state index in [2.05, 4.69) is 11.1 Å². The highest BCUT2D eigenvalue weighted by atomic mass is 16.5. The van der Waals surface area contributed by atoms with Crippen LogP contribution in [-0.2, 0) is 4.74 Å². The lowest BCUT2D eigenvalue weighted by Crippen LogP contribution is -2.41. The highest BCUT2D eigenvalue weighted by molar-refractivity contribution is 6.08. The fourth-order valence-corrected chi connectivity index (χ4v) is 3.24. The molecule has 1 aromatic carbocycles. The van der Waals surface area contributed by atoms with Crippen molar-refractivity contribution in [2.75, 3.05) is 26.8 Å². The number of rotatable bonds is 3. The van der Waals surface area contributed by atoms with Gasteiger partial charge in [-0.3, -0.25) is 4.79 Å². The predicted octanol–water partition coefficient (Wildman–Crippen LogP) is 2.54. The molecule has 1 aromatic heterocycles. The van der Waals surface area contributed by atoms with Crippen LogP contribution in [0.2, 0.25) is 0 Å². The lowest BCUT2D eigenvalue weighted by Gasteiger charge is -2.32. The Kier molecular flexibility index (Phi) is 4.12. The zero-order valence-electron chi connectivity index (χ0n) is 12.6. The SMILES string of the molecule is COCC1CCCN(C(=O)c2c[nH]c3cccc(C#N)c23)C1. The number of hydrogen-bond acceptors (Lipinski definition) is 3. The molecule has 3 rings (SSSR count). The molecule has 2 heterocycles. The van der Waals surface area contributed by atoms with E-state index in [0.29, 0.717) is 30.2 Å². The third kappa shape index (κ3) is 2.58. The van der Waals surface area contributed by atoms with Gasteiger partial charge >= 0.3 is 0 Å². The van der Waals surface area contributed by atoms with E-state index in [1.165, 1.54) is 0 Å². The largest absolute Gasteiger partial charge is 0.384 e. The number of nitrogens with one attached hydrogen (secondary N) is 1. The van der Waals surface area contributed by atoms with E-state index in [-0.39, 0.29) is 5.91 Å². The summed E-state index contributed by atoms with van der Waals surface area (Å²) in [5, 5.41) is 10.0. The number of hydrogen-bond donors (Lipinski definition) is 1. The molecule has 0 spiro atoms. The van der Waals surface area contributed by atoms with Gasteiger partial charge in [-0.2, -0.15) is 5.26 Å². The van der Waals surface area contributed by atoms with Gasteiger partial charge in [-0.25, -0.2) is 0 Å². The van der Waals surface area contributed by atoms with Crippen LogP contribution < -0.4 is 0 Å². The molecule has 5 heteroatoms. The molecule has 1 aliphatic heterocycles. The molecule has 0 saturated carbocycles. The number of amides is 1. The topological polar surface area (TPSA) is 69.1 Å². The number of aromatic nitrogens is 1. The molecule has 1 aliphatic rings. The summed E-state index contributed by atoms with van der Waals surface area (Å²) in [5.74, 6) is 0.387. The van der Waals surface area contributed by atoms with E-state index in [0.717, 1.165) is 30.3 Å². The average Bonchev–Trinajstić information content (AvgIpc) is 2.99. The van der Waals surface area contributed by atoms with Gasteiger partial charge in [0.1, 0.15) is 0 Å². The van der Waals surface area contributed by atoms with E-state index >= 15 is 0 Å². The molecule has 1 unspecified atom stereocenters. The Morgan fingerprint density at radius 1 is 1.55 bits per heavy atom. The van der Waals surface area contributed by atoms with Crippen molar-refractivity contribution in [2.45, 2.75) is 12.8 Å².